The average molecular weight is 670 g/mol. The van der Waals surface area contributed by atoms with Gasteiger partial charge < -0.3 is 9.64 Å². The van der Waals surface area contributed by atoms with Crippen molar-refractivity contribution in [1.29, 1.82) is 0 Å². The minimum atomic E-state index is -0.305. The van der Waals surface area contributed by atoms with Crippen molar-refractivity contribution in [2.24, 2.45) is 0 Å². The van der Waals surface area contributed by atoms with Crippen LogP contribution in [0.1, 0.15) is 69.0 Å². The lowest BCUT2D eigenvalue weighted by Crippen LogP contribution is -2.27. The van der Waals surface area contributed by atoms with Crippen molar-refractivity contribution in [3.05, 3.63) is 214 Å². The molecule has 1 aliphatic rings. The molecule has 1 heterocycles. The maximum atomic E-state index is 13.5. The fraction of sp³-hybridized carbons (Fsp3) is 0.188. The molecule has 3 heteroatoms. The Balaban J connectivity index is 1.21. The molecule has 0 aromatic heterocycles. The molecular formula is C48H47NO2. The number of hydrogen-bond acceptors (Lipinski definition) is 3. The highest BCUT2D eigenvalue weighted by atomic mass is 16.5. The monoisotopic (exact) mass is 669 g/mol. The van der Waals surface area contributed by atoms with Crippen LogP contribution in [-0.4, -0.2) is 24.0 Å². The first-order valence-electron chi connectivity index (χ1n) is 17.9. The maximum Gasteiger partial charge on any atom is 0.339 e. The Bertz CT molecular complexity index is 2000. The summed E-state index contributed by atoms with van der Waals surface area (Å²) in [5, 5.41) is 0. The van der Waals surface area contributed by atoms with Gasteiger partial charge in [-0.15, -0.1) is 0 Å². The van der Waals surface area contributed by atoms with Gasteiger partial charge in [-0.1, -0.05) is 146 Å². The second-order valence-corrected chi connectivity index (χ2v) is 13.2. The minimum Gasteiger partial charge on any atom is -0.462 e. The first kappa shape index (κ1) is 35.2. The van der Waals surface area contributed by atoms with E-state index in [1.807, 2.05) is 18.3 Å². The Morgan fingerprint density at radius 1 is 0.588 bits per heavy atom. The zero-order valence-corrected chi connectivity index (χ0v) is 30.2. The van der Waals surface area contributed by atoms with Gasteiger partial charge in [0.2, 0.25) is 0 Å². The third-order valence-corrected chi connectivity index (χ3v) is 9.67. The molecule has 5 aromatic carbocycles. The summed E-state index contributed by atoms with van der Waals surface area (Å²) in [4.78, 5) is 15.8. The number of ether oxygens (including phenoxy) is 1. The third kappa shape index (κ3) is 8.56. The smallest absolute Gasteiger partial charge is 0.339 e. The van der Waals surface area contributed by atoms with Gasteiger partial charge in [0.1, 0.15) is 0 Å². The predicted octanol–water partition coefficient (Wildman–Crippen LogP) is 11.3. The van der Waals surface area contributed by atoms with E-state index in [4.69, 9.17) is 4.74 Å². The molecule has 0 N–H and O–H groups in total. The van der Waals surface area contributed by atoms with E-state index < -0.39 is 0 Å². The lowest BCUT2D eigenvalue weighted by Gasteiger charge is -2.32. The normalized spacial score (nSPS) is 13.7. The number of nitrogens with zero attached hydrogens (tertiary/aromatic N) is 1. The zero-order chi connectivity index (χ0) is 35.6. The lowest BCUT2D eigenvalue weighted by molar-refractivity contribution is -0.138. The molecule has 0 bridgehead atoms. The van der Waals surface area contributed by atoms with Gasteiger partial charge in [-0.2, -0.15) is 0 Å². The van der Waals surface area contributed by atoms with E-state index in [1.54, 1.807) is 0 Å². The van der Waals surface area contributed by atoms with Crippen LogP contribution in [0.4, 0.5) is 0 Å². The Labute approximate surface area is 303 Å². The van der Waals surface area contributed by atoms with Gasteiger partial charge in [0, 0.05) is 19.2 Å². The second-order valence-electron chi connectivity index (χ2n) is 13.2. The number of aryl methyl sites for hydroxylation is 4. The van der Waals surface area contributed by atoms with E-state index in [9.17, 15) is 4.79 Å². The fourth-order valence-electron chi connectivity index (χ4n) is 6.91. The molecule has 5 aromatic rings. The van der Waals surface area contributed by atoms with Crippen molar-refractivity contribution >= 4 is 17.1 Å². The number of hydrogen-bond donors (Lipinski definition) is 0. The first-order chi connectivity index (χ1) is 24.9. The molecule has 0 spiro atoms. The summed E-state index contributed by atoms with van der Waals surface area (Å²) < 4.78 is 5.90. The molecule has 0 radical (unpaired) electrons. The van der Waals surface area contributed by atoms with Crippen molar-refractivity contribution in [3.63, 3.8) is 0 Å². The largest absolute Gasteiger partial charge is 0.462 e. The third-order valence-electron chi connectivity index (χ3n) is 9.67. The van der Waals surface area contributed by atoms with Gasteiger partial charge in [-0.05, 0) is 101 Å². The van der Waals surface area contributed by atoms with Gasteiger partial charge in [0.05, 0.1) is 18.2 Å². The number of esters is 1. The Morgan fingerprint density at radius 3 is 1.49 bits per heavy atom. The Morgan fingerprint density at radius 2 is 1.02 bits per heavy atom. The molecule has 3 nitrogen and oxygen atoms in total. The van der Waals surface area contributed by atoms with Crippen molar-refractivity contribution in [2.45, 2.75) is 46.6 Å². The SMILES string of the molecule is Cc1ccccc1C(=CCCOC(=O)C1=CN(CCC=C(c2ccccc2C)c2ccccc2C)C(c2ccccc2)C=C1)c1ccccc1C. The van der Waals surface area contributed by atoms with E-state index in [1.165, 1.54) is 61.2 Å². The Kier molecular flexibility index (Phi) is 11.6. The predicted molar refractivity (Wildman–Crippen MR) is 212 cm³/mol. The summed E-state index contributed by atoms with van der Waals surface area (Å²) in [7, 11) is 0. The first-order valence-corrected chi connectivity index (χ1v) is 17.9. The summed E-state index contributed by atoms with van der Waals surface area (Å²) in [5.41, 5.74) is 14.0. The van der Waals surface area contributed by atoms with E-state index in [-0.39, 0.29) is 12.0 Å². The van der Waals surface area contributed by atoms with Crippen LogP contribution in [0.25, 0.3) is 11.1 Å². The average Bonchev–Trinajstić information content (AvgIpc) is 3.15. The molecule has 0 amide bonds. The highest BCUT2D eigenvalue weighted by Crippen LogP contribution is 2.32. The van der Waals surface area contributed by atoms with Crippen LogP contribution < -0.4 is 0 Å². The Hall–Kier alpha value is -5.67. The molecule has 256 valence electrons. The van der Waals surface area contributed by atoms with Crippen molar-refractivity contribution < 1.29 is 9.53 Å². The molecule has 1 aliphatic heterocycles. The summed E-state index contributed by atoms with van der Waals surface area (Å²) in [6, 6.07) is 44.5. The van der Waals surface area contributed by atoms with Crippen LogP contribution in [-0.2, 0) is 9.53 Å². The van der Waals surface area contributed by atoms with Gasteiger partial charge in [-0.3, -0.25) is 0 Å². The van der Waals surface area contributed by atoms with Gasteiger partial charge in [0.25, 0.3) is 0 Å². The number of carbonyl (C=O) groups is 1. The van der Waals surface area contributed by atoms with Crippen LogP contribution in [0.5, 0.6) is 0 Å². The topological polar surface area (TPSA) is 29.5 Å². The maximum absolute atomic E-state index is 13.5. The van der Waals surface area contributed by atoms with Crippen molar-refractivity contribution in [1.82, 2.24) is 4.90 Å². The number of benzene rings is 5. The highest BCUT2D eigenvalue weighted by molar-refractivity contribution is 5.92. The van der Waals surface area contributed by atoms with E-state index in [0.29, 0.717) is 18.6 Å². The molecule has 1 atom stereocenters. The molecule has 0 saturated heterocycles. The molecule has 0 aliphatic carbocycles. The van der Waals surface area contributed by atoms with Crippen LogP contribution >= 0.6 is 0 Å². The summed E-state index contributed by atoms with van der Waals surface area (Å²) in [6.07, 6.45) is 12.0. The van der Waals surface area contributed by atoms with Gasteiger partial charge >= 0.3 is 5.97 Å². The number of carbonyl (C=O) groups excluding carboxylic acids is 1. The zero-order valence-electron chi connectivity index (χ0n) is 30.2. The summed E-state index contributed by atoms with van der Waals surface area (Å²) >= 11 is 0. The van der Waals surface area contributed by atoms with Crippen LogP contribution in [0, 0.1) is 27.7 Å². The van der Waals surface area contributed by atoms with E-state index in [2.05, 4.69) is 172 Å². The highest BCUT2D eigenvalue weighted by Gasteiger charge is 2.22. The van der Waals surface area contributed by atoms with Crippen LogP contribution in [0.15, 0.2) is 163 Å². The summed E-state index contributed by atoms with van der Waals surface area (Å²) in [5.74, 6) is -0.305. The van der Waals surface area contributed by atoms with Crippen LogP contribution in [0.2, 0.25) is 0 Å². The van der Waals surface area contributed by atoms with E-state index >= 15 is 0 Å². The van der Waals surface area contributed by atoms with Crippen molar-refractivity contribution in [2.75, 3.05) is 13.2 Å². The molecule has 0 fully saturated rings. The summed E-state index contributed by atoms with van der Waals surface area (Å²) in [6.45, 7) is 9.66. The molecule has 0 saturated carbocycles. The van der Waals surface area contributed by atoms with Gasteiger partial charge in [0.15, 0.2) is 0 Å². The molecule has 51 heavy (non-hydrogen) atoms. The molecule has 6 rings (SSSR count). The second kappa shape index (κ2) is 16.8. The molecular weight excluding hydrogens is 623 g/mol. The van der Waals surface area contributed by atoms with E-state index in [0.717, 1.165) is 13.0 Å². The van der Waals surface area contributed by atoms with Crippen LogP contribution in [0.3, 0.4) is 0 Å². The minimum absolute atomic E-state index is 0.0187. The number of rotatable bonds is 12. The molecule has 1 unspecified atom stereocenters. The van der Waals surface area contributed by atoms with Gasteiger partial charge in [-0.25, -0.2) is 4.79 Å². The van der Waals surface area contributed by atoms with Crippen molar-refractivity contribution in [3.8, 4) is 0 Å². The quantitative estimate of drug-likeness (QED) is 0.0978. The lowest BCUT2D eigenvalue weighted by atomic mass is 9.91. The standard InChI is InChI=1S/C48H47NO2/c1-35-18-8-12-24-41(35)45(42-25-13-9-19-36(42)2)28-16-32-49-34-40(30-31-47(49)39-22-6-5-7-23-39)48(50)51-33-17-29-46(43-26-14-10-20-37(43)3)44-27-15-11-21-38(44)4/h5-15,18-31,34,47H,16-17,32-33H2,1-4H3. The fourth-order valence-corrected chi connectivity index (χ4v) is 6.91.